The van der Waals surface area contributed by atoms with E-state index in [0.29, 0.717) is 6.54 Å². The van der Waals surface area contributed by atoms with Crippen molar-refractivity contribution in [2.24, 2.45) is 5.92 Å². The van der Waals surface area contributed by atoms with Gasteiger partial charge in [-0.1, -0.05) is 159 Å². The molecule has 0 aliphatic carbocycles. The van der Waals surface area contributed by atoms with E-state index in [2.05, 4.69) is 71.7 Å². The maximum Gasteiger partial charge on any atom is 0.408 e. The molecule has 2 N–H and O–H groups in total. The normalized spacial score (nSPS) is 20.0. The molecule has 2 saturated heterocycles. The van der Waals surface area contributed by atoms with Gasteiger partial charge in [0, 0.05) is 31.1 Å². The van der Waals surface area contributed by atoms with Crippen LogP contribution in [0.4, 0.5) is 4.79 Å². The predicted octanol–water partition coefficient (Wildman–Crippen LogP) is 8.89. The summed E-state index contributed by atoms with van der Waals surface area (Å²) in [5.41, 5.74) is 8.56. The van der Waals surface area contributed by atoms with Gasteiger partial charge in [-0.25, -0.2) is 4.79 Å². The van der Waals surface area contributed by atoms with Crippen LogP contribution >= 0.6 is 0 Å². The van der Waals surface area contributed by atoms with Crippen LogP contribution < -0.4 is 5.32 Å². The van der Waals surface area contributed by atoms with Gasteiger partial charge in [0.1, 0.15) is 12.6 Å². The summed E-state index contributed by atoms with van der Waals surface area (Å²) >= 11 is 0. The minimum atomic E-state index is -0.993. The fraction of sp³-hybridized carbons (Fsp3) is 0.250. The number of rotatable bonds is 15. The van der Waals surface area contributed by atoms with Crippen LogP contribution in [0.1, 0.15) is 64.7 Å². The number of hydrogen-bond donors (Lipinski definition) is 2. The third kappa shape index (κ3) is 10.5. The molecule has 316 valence electrons. The Bertz CT molecular complexity index is 2390. The standard InChI is InChI=1S/C52H51N3O7/c1-36-47(33-54(30-37-13-5-2-6-14-37)31-38-15-7-3-8-16-38)61-51(62-49(36)42-25-23-39(34-56)24-26-42)45-22-12-21-44(28-45)43-20-11-19-41(27-43)32-55-48(57)29-46(50(55)58)53-52(59)60-35-40-17-9-4-10-18-40/h2-28,36,46-47,49,51,56H,29-35H2,1H3,(H,53,59). The van der Waals surface area contributed by atoms with Crippen molar-refractivity contribution >= 4 is 17.9 Å². The van der Waals surface area contributed by atoms with E-state index in [1.165, 1.54) is 16.0 Å². The number of benzene rings is 6. The lowest BCUT2D eigenvalue weighted by atomic mass is 9.89. The molecule has 62 heavy (non-hydrogen) atoms. The summed E-state index contributed by atoms with van der Waals surface area (Å²) < 4.78 is 19.1. The topological polar surface area (TPSA) is 118 Å². The Morgan fingerprint density at radius 1 is 0.694 bits per heavy atom. The number of aliphatic hydroxyl groups excluding tert-OH is 1. The number of nitrogens with zero attached hydrogens (tertiary/aromatic N) is 2. The zero-order valence-corrected chi connectivity index (χ0v) is 34.7. The van der Waals surface area contributed by atoms with Gasteiger partial charge < -0.3 is 24.6 Å². The second kappa shape index (κ2) is 20.0. The van der Waals surface area contributed by atoms with Gasteiger partial charge in [-0.2, -0.15) is 0 Å². The summed E-state index contributed by atoms with van der Waals surface area (Å²) in [6, 6.07) is 53.0. The molecule has 2 fully saturated rings. The highest BCUT2D eigenvalue weighted by Gasteiger charge is 2.41. The van der Waals surface area contributed by atoms with Gasteiger partial charge in [0.25, 0.3) is 5.91 Å². The van der Waals surface area contributed by atoms with E-state index < -0.39 is 24.3 Å². The summed E-state index contributed by atoms with van der Waals surface area (Å²) in [6.45, 7) is 4.44. The maximum absolute atomic E-state index is 13.4. The van der Waals surface area contributed by atoms with Crippen LogP contribution in [0, 0.1) is 5.92 Å². The smallest absolute Gasteiger partial charge is 0.408 e. The number of carbonyl (C=O) groups is 3. The van der Waals surface area contributed by atoms with Gasteiger partial charge >= 0.3 is 6.09 Å². The third-order valence-corrected chi connectivity index (χ3v) is 11.6. The number of hydrogen-bond acceptors (Lipinski definition) is 8. The first-order valence-electron chi connectivity index (χ1n) is 21.1. The average Bonchev–Trinajstić information content (AvgIpc) is 3.57. The Labute approximate surface area is 362 Å². The first-order valence-corrected chi connectivity index (χ1v) is 21.1. The predicted molar refractivity (Wildman–Crippen MR) is 236 cm³/mol. The molecule has 5 atom stereocenters. The zero-order chi connectivity index (χ0) is 42.8. The lowest BCUT2D eigenvalue weighted by molar-refractivity contribution is -0.276. The summed E-state index contributed by atoms with van der Waals surface area (Å²) in [4.78, 5) is 42.6. The van der Waals surface area contributed by atoms with Gasteiger partial charge in [-0.15, -0.1) is 0 Å². The van der Waals surface area contributed by atoms with Crippen LogP contribution in [0.5, 0.6) is 0 Å². The Kier molecular flexibility index (Phi) is 13.6. The second-order valence-electron chi connectivity index (χ2n) is 16.1. The maximum atomic E-state index is 13.4. The number of imide groups is 1. The molecular weight excluding hydrogens is 779 g/mol. The van der Waals surface area contributed by atoms with E-state index in [1.54, 1.807) is 0 Å². The fourth-order valence-corrected chi connectivity index (χ4v) is 8.22. The number of amides is 3. The Hall–Kier alpha value is -6.43. The molecule has 0 bridgehead atoms. The van der Waals surface area contributed by atoms with Crippen molar-refractivity contribution in [3.8, 4) is 11.1 Å². The number of nitrogens with one attached hydrogen (secondary N) is 1. The van der Waals surface area contributed by atoms with Crippen molar-refractivity contribution in [3.05, 3.63) is 203 Å². The van der Waals surface area contributed by atoms with E-state index in [1.807, 2.05) is 109 Å². The molecule has 0 radical (unpaired) electrons. The highest BCUT2D eigenvalue weighted by molar-refractivity contribution is 6.06. The third-order valence-electron chi connectivity index (χ3n) is 11.6. The van der Waals surface area contributed by atoms with Gasteiger partial charge in [0.15, 0.2) is 6.29 Å². The van der Waals surface area contributed by atoms with Crippen LogP contribution in [0.3, 0.4) is 0 Å². The summed E-state index contributed by atoms with van der Waals surface area (Å²) in [6.07, 6.45) is -2.05. The Morgan fingerprint density at radius 3 is 1.94 bits per heavy atom. The van der Waals surface area contributed by atoms with Crippen molar-refractivity contribution < 1.29 is 33.7 Å². The van der Waals surface area contributed by atoms with Crippen molar-refractivity contribution in [2.45, 2.75) is 70.7 Å². The van der Waals surface area contributed by atoms with Crippen LogP contribution in [0.25, 0.3) is 11.1 Å². The average molecular weight is 830 g/mol. The number of alkyl carbamates (subject to hydrolysis) is 1. The van der Waals surface area contributed by atoms with E-state index >= 15 is 0 Å². The molecule has 0 spiro atoms. The molecule has 10 heteroatoms. The molecule has 0 aromatic heterocycles. The zero-order valence-electron chi connectivity index (χ0n) is 34.7. The SMILES string of the molecule is CC1C(CN(Cc2ccccc2)Cc2ccccc2)OC(c2cccc(-c3cccc(CN4C(=O)CC(NC(=O)OCc5ccccc5)C4=O)c3)c2)OC1c1ccc(CO)cc1. The van der Waals surface area contributed by atoms with Gasteiger partial charge in [0.05, 0.1) is 31.8 Å². The molecule has 8 rings (SSSR count). The quantitative estimate of drug-likeness (QED) is 0.0987. The van der Waals surface area contributed by atoms with Crippen molar-refractivity contribution in [1.82, 2.24) is 15.1 Å². The van der Waals surface area contributed by atoms with Crippen molar-refractivity contribution in [2.75, 3.05) is 6.54 Å². The lowest BCUT2D eigenvalue weighted by Gasteiger charge is -2.43. The number of ether oxygens (including phenoxy) is 3. The van der Waals surface area contributed by atoms with Crippen LogP contribution in [-0.2, 0) is 56.6 Å². The van der Waals surface area contributed by atoms with Gasteiger partial charge in [0.2, 0.25) is 5.91 Å². The first-order chi connectivity index (χ1) is 30.3. The van der Waals surface area contributed by atoms with Gasteiger partial charge in [-0.3, -0.25) is 19.4 Å². The molecule has 6 aromatic rings. The molecule has 6 aromatic carbocycles. The van der Waals surface area contributed by atoms with E-state index in [9.17, 15) is 19.5 Å². The van der Waals surface area contributed by atoms with Crippen LogP contribution in [-0.4, -0.2) is 51.5 Å². The van der Waals surface area contributed by atoms with Crippen molar-refractivity contribution in [3.63, 3.8) is 0 Å². The van der Waals surface area contributed by atoms with E-state index in [0.717, 1.165) is 52.0 Å². The lowest BCUT2D eigenvalue weighted by Crippen LogP contribution is -2.44. The Morgan fingerprint density at radius 2 is 1.29 bits per heavy atom. The fourth-order valence-electron chi connectivity index (χ4n) is 8.22. The molecule has 0 saturated carbocycles. The second-order valence-corrected chi connectivity index (χ2v) is 16.1. The molecule has 10 nitrogen and oxygen atoms in total. The molecule has 3 amide bonds. The highest BCUT2D eigenvalue weighted by atomic mass is 16.7. The summed E-state index contributed by atoms with van der Waals surface area (Å²) in [7, 11) is 0. The van der Waals surface area contributed by atoms with Crippen LogP contribution in [0.15, 0.2) is 164 Å². The molecular formula is C52H51N3O7. The minimum absolute atomic E-state index is 0.00845. The van der Waals surface area contributed by atoms with Gasteiger partial charge in [-0.05, 0) is 56.6 Å². The number of carbonyl (C=O) groups excluding carboxylic acids is 3. The Balaban J connectivity index is 0.998. The van der Waals surface area contributed by atoms with E-state index in [-0.39, 0.29) is 50.2 Å². The largest absolute Gasteiger partial charge is 0.445 e. The monoisotopic (exact) mass is 829 g/mol. The minimum Gasteiger partial charge on any atom is -0.445 e. The van der Waals surface area contributed by atoms with E-state index in [4.69, 9.17) is 14.2 Å². The summed E-state index contributed by atoms with van der Waals surface area (Å²) in [5, 5.41) is 12.3. The number of aliphatic hydroxyl groups is 1. The van der Waals surface area contributed by atoms with Crippen molar-refractivity contribution in [1.29, 1.82) is 0 Å². The summed E-state index contributed by atoms with van der Waals surface area (Å²) in [5.74, 6) is -0.843. The first kappa shape index (κ1) is 42.3. The van der Waals surface area contributed by atoms with Crippen LogP contribution in [0.2, 0.25) is 0 Å². The molecule has 2 heterocycles. The molecule has 5 unspecified atom stereocenters. The number of likely N-dealkylation sites (tertiary alicyclic amines) is 1. The molecule has 2 aliphatic rings. The highest BCUT2D eigenvalue weighted by Crippen LogP contribution is 2.43. The molecule has 2 aliphatic heterocycles.